The van der Waals surface area contributed by atoms with E-state index in [-0.39, 0.29) is 42.8 Å². The average molecular weight is 1330 g/mol. The molecule has 0 bridgehead atoms. The van der Waals surface area contributed by atoms with E-state index in [0.717, 1.165) is 133 Å². The topological polar surface area (TPSA) is 176 Å². The first-order valence-electron chi connectivity index (χ1n) is 32.2. The molecule has 0 aliphatic carbocycles. The summed E-state index contributed by atoms with van der Waals surface area (Å²) in [5, 5.41) is 15.6. The van der Waals surface area contributed by atoms with Crippen molar-refractivity contribution in [2.45, 2.75) is 122 Å². The number of aliphatic hydroxyl groups is 1. The van der Waals surface area contributed by atoms with Gasteiger partial charge < -0.3 is 53.4 Å². The first-order valence-corrected chi connectivity index (χ1v) is 32.2. The number of hydrogen-bond acceptors (Lipinski definition) is 14. The van der Waals surface area contributed by atoms with Gasteiger partial charge in [0.2, 0.25) is 0 Å². The lowest BCUT2D eigenvalue weighted by Crippen LogP contribution is -2.38. The number of anilines is 3. The Labute approximate surface area is 554 Å². The number of fused-ring (bicyclic) bond motifs is 3. The number of carbonyl (C=O) groups excluding carboxylic acids is 2. The number of benzene rings is 6. The highest BCUT2D eigenvalue weighted by Gasteiger charge is 2.42. The standard InChI is InChI=1S/C27H29F3N2O4.C25H30N2O3.C22H21F3N2O3/c1-3-21(36-25-6-4-5-15-34-25)17-35-22-12-14-24-19(16-22)9-13-23(31-24)18-7-10-20(11-8-18)32(2)26(33)27(28,29)30;1-3-21(30-25-6-4-5-15-28-25)17-29-22-12-14-24-19(16-22)9-13-23(27-24)18-7-10-20(26-2)11-8-18;1-3-17(28)13-30-18-9-11-20-15(12-18)6-10-19(26-20)14-4-7-16(8-5-14)27(2)21(29)22(23,24)25/h7-14,16,21,25H,3-6,15,17H2,1-2H3;7-14,16,21,25-26H,3-6,15,17H2,1-2H3;4-12,17,28H,3,13H2,1-2H3. The van der Waals surface area contributed by atoms with Crippen molar-refractivity contribution in [2.24, 2.45) is 0 Å². The molecule has 2 saturated heterocycles. The molecule has 0 spiro atoms. The lowest BCUT2D eigenvalue weighted by Gasteiger charge is -2.27. The molecule has 96 heavy (non-hydrogen) atoms. The second-order valence-electron chi connectivity index (χ2n) is 23.2. The summed E-state index contributed by atoms with van der Waals surface area (Å²) in [5.74, 6) is -1.67. The summed E-state index contributed by atoms with van der Waals surface area (Å²) in [6.07, 6.45) is -1.97. The summed E-state index contributed by atoms with van der Waals surface area (Å²) in [6, 6.07) is 49.3. The van der Waals surface area contributed by atoms with E-state index < -0.39 is 30.3 Å². The summed E-state index contributed by atoms with van der Waals surface area (Å²) in [6.45, 7) is 8.73. The second-order valence-corrected chi connectivity index (χ2v) is 23.2. The maximum atomic E-state index is 12.7. The zero-order valence-corrected chi connectivity index (χ0v) is 54.5. The van der Waals surface area contributed by atoms with Gasteiger partial charge in [0.05, 0.1) is 51.9 Å². The van der Waals surface area contributed by atoms with Gasteiger partial charge in [-0.2, -0.15) is 26.3 Å². The number of carbonyl (C=O) groups is 2. The molecule has 5 heterocycles. The van der Waals surface area contributed by atoms with Crippen LogP contribution < -0.4 is 29.3 Å². The Bertz CT molecular complexity index is 3980. The Morgan fingerprint density at radius 3 is 1.17 bits per heavy atom. The van der Waals surface area contributed by atoms with Crippen LogP contribution in [-0.4, -0.2) is 129 Å². The van der Waals surface area contributed by atoms with Crippen molar-refractivity contribution in [1.82, 2.24) is 15.0 Å². The largest absolute Gasteiger partial charge is 0.491 e. The van der Waals surface area contributed by atoms with Gasteiger partial charge in [-0.15, -0.1) is 0 Å². The predicted molar refractivity (Wildman–Crippen MR) is 360 cm³/mol. The van der Waals surface area contributed by atoms with E-state index >= 15 is 0 Å². The van der Waals surface area contributed by atoms with E-state index in [1.54, 1.807) is 42.5 Å². The van der Waals surface area contributed by atoms with E-state index in [9.17, 15) is 41.0 Å². The molecular weight excluding hydrogens is 1250 g/mol. The number of halogens is 6. The molecule has 16 nitrogen and oxygen atoms in total. The van der Waals surface area contributed by atoms with Gasteiger partial charge in [-0.05, 0) is 167 Å². The van der Waals surface area contributed by atoms with Crippen LogP contribution in [0.1, 0.15) is 78.6 Å². The molecule has 2 aliphatic rings. The van der Waals surface area contributed by atoms with Crippen molar-refractivity contribution in [2.75, 3.05) is 69.3 Å². The van der Waals surface area contributed by atoms with Crippen LogP contribution >= 0.6 is 0 Å². The molecule has 0 saturated carbocycles. The number of nitrogens with zero attached hydrogens (tertiary/aromatic N) is 5. The van der Waals surface area contributed by atoms with Crippen LogP contribution in [-0.2, 0) is 28.5 Å². The summed E-state index contributed by atoms with van der Waals surface area (Å²) < 4.78 is 117. The van der Waals surface area contributed by atoms with Crippen LogP contribution in [0.5, 0.6) is 17.2 Å². The van der Waals surface area contributed by atoms with Crippen molar-refractivity contribution in [3.63, 3.8) is 0 Å². The lowest BCUT2D eigenvalue weighted by molar-refractivity contribution is -0.193. The molecule has 2 aliphatic heterocycles. The Kier molecular flexibility index (Phi) is 25.0. The third-order valence-electron chi connectivity index (χ3n) is 16.3. The van der Waals surface area contributed by atoms with E-state index in [1.165, 1.54) is 30.7 Å². The van der Waals surface area contributed by atoms with Crippen LogP contribution in [0.25, 0.3) is 66.5 Å². The number of aromatic nitrogens is 3. The first kappa shape index (κ1) is 71.4. The zero-order valence-electron chi connectivity index (χ0n) is 54.5. The number of pyridine rings is 3. The van der Waals surface area contributed by atoms with Gasteiger partial charge in [-0.3, -0.25) is 9.59 Å². The Balaban J connectivity index is 0.000000170. The maximum absolute atomic E-state index is 12.7. The van der Waals surface area contributed by atoms with Crippen molar-refractivity contribution >= 4 is 61.6 Å². The van der Waals surface area contributed by atoms with Gasteiger partial charge >= 0.3 is 24.2 Å². The Morgan fingerprint density at radius 1 is 0.500 bits per heavy atom. The quantitative estimate of drug-likeness (QED) is 0.0613. The zero-order chi connectivity index (χ0) is 68.4. The van der Waals surface area contributed by atoms with E-state index in [4.69, 9.17) is 38.1 Å². The third-order valence-corrected chi connectivity index (χ3v) is 16.3. The van der Waals surface area contributed by atoms with Crippen LogP contribution in [0, 0.1) is 0 Å². The van der Waals surface area contributed by atoms with E-state index in [1.807, 2.05) is 74.6 Å². The normalized spacial score (nSPS) is 15.8. The minimum Gasteiger partial charge on any atom is -0.491 e. The smallest absolute Gasteiger partial charge is 0.471 e. The van der Waals surface area contributed by atoms with Crippen molar-refractivity contribution < 1.29 is 74.2 Å². The van der Waals surface area contributed by atoms with Crippen LogP contribution in [0.15, 0.2) is 164 Å². The van der Waals surface area contributed by atoms with E-state index in [0.29, 0.717) is 57.9 Å². The van der Waals surface area contributed by atoms with Crippen molar-refractivity contribution in [3.05, 3.63) is 164 Å². The van der Waals surface area contributed by atoms with Gasteiger partial charge in [0.15, 0.2) is 12.6 Å². The highest BCUT2D eigenvalue weighted by Crippen LogP contribution is 2.32. The number of alkyl halides is 6. The molecule has 6 aromatic carbocycles. The second kappa shape index (κ2) is 33.6. The summed E-state index contributed by atoms with van der Waals surface area (Å²) in [5.41, 5.74) is 8.62. The minimum absolute atomic E-state index is 0.0323. The van der Waals surface area contributed by atoms with Gasteiger partial charge in [0.25, 0.3) is 0 Å². The molecule has 11 rings (SSSR count). The van der Waals surface area contributed by atoms with E-state index in [2.05, 4.69) is 65.5 Å². The molecule has 2 fully saturated rings. The SMILES string of the molecule is CCC(COc1ccc2nc(-c3ccc(N(C)C(=O)C(F)(F)F)cc3)ccc2c1)OC1CCCCO1.CCC(COc1ccc2nc(-c3ccc(NC)cc3)ccc2c1)OC1CCCCO1.CCC(O)COc1ccc2nc(-c3ccc(N(C)C(=O)C(F)(F)F)cc3)ccc2c1. The highest BCUT2D eigenvalue weighted by molar-refractivity contribution is 5.98. The molecule has 508 valence electrons. The Morgan fingerprint density at radius 2 is 0.854 bits per heavy atom. The fraction of sp³-hybridized carbons (Fsp3) is 0.365. The third kappa shape index (κ3) is 19.8. The first-order chi connectivity index (χ1) is 46.2. The van der Waals surface area contributed by atoms with Crippen LogP contribution in [0.4, 0.5) is 43.4 Å². The van der Waals surface area contributed by atoms with Gasteiger partial charge in [-0.1, -0.05) is 75.4 Å². The van der Waals surface area contributed by atoms with Crippen LogP contribution in [0.3, 0.4) is 0 Å². The maximum Gasteiger partial charge on any atom is 0.471 e. The number of hydrogen-bond donors (Lipinski definition) is 2. The van der Waals surface area contributed by atoms with Gasteiger partial charge in [-0.25, -0.2) is 15.0 Å². The van der Waals surface area contributed by atoms with Gasteiger partial charge in [0, 0.05) is 84.3 Å². The summed E-state index contributed by atoms with van der Waals surface area (Å²) in [7, 11) is 4.09. The van der Waals surface area contributed by atoms with Crippen molar-refractivity contribution in [3.8, 4) is 51.0 Å². The molecule has 5 unspecified atom stereocenters. The highest BCUT2D eigenvalue weighted by atomic mass is 19.4. The van der Waals surface area contributed by atoms with Gasteiger partial charge in [0.1, 0.15) is 37.1 Å². The lowest BCUT2D eigenvalue weighted by atomic mass is 10.1. The molecular formula is C74H80F6N6O10. The molecule has 5 atom stereocenters. The molecule has 0 radical (unpaired) electrons. The summed E-state index contributed by atoms with van der Waals surface area (Å²) >= 11 is 0. The van der Waals surface area contributed by atoms with Crippen molar-refractivity contribution in [1.29, 1.82) is 0 Å². The molecule has 22 heteroatoms. The molecule has 2 amide bonds. The molecule has 3 aromatic heterocycles. The number of amides is 2. The fourth-order valence-corrected chi connectivity index (χ4v) is 10.5. The molecule has 9 aromatic rings. The Hall–Kier alpha value is -8.93. The minimum atomic E-state index is -4.93. The number of rotatable bonds is 22. The number of nitrogens with one attached hydrogen (secondary N) is 1. The molecule has 2 N–H and O–H groups in total. The average Bonchev–Trinajstić information content (AvgIpc) is 0.832. The van der Waals surface area contributed by atoms with Crippen LogP contribution in [0.2, 0.25) is 0 Å². The predicted octanol–water partition coefficient (Wildman–Crippen LogP) is 16.3. The number of ether oxygens (including phenoxy) is 7. The number of aliphatic hydroxyl groups excluding tert-OH is 1. The monoisotopic (exact) mass is 1330 g/mol. The fourth-order valence-electron chi connectivity index (χ4n) is 10.5. The summed E-state index contributed by atoms with van der Waals surface area (Å²) in [4.78, 5) is 38.0.